The predicted molar refractivity (Wildman–Crippen MR) is 134 cm³/mol. The molecule has 0 spiro atoms. The maximum atomic E-state index is 14.0. The molecule has 0 fully saturated rings. The molecule has 0 aliphatic carbocycles. The molecule has 1 N–H and O–H groups in total. The molecule has 0 saturated heterocycles. The molecule has 38 heavy (non-hydrogen) atoms. The number of fused-ring (bicyclic) bond motifs is 1. The van der Waals surface area contributed by atoms with Crippen LogP contribution in [0.4, 0.5) is 19.0 Å². The molecule has 3 heterocycles. The van der Waals surface area contributed by atoms with E-state index in [1.165, 1.54) is 10.9 Å². The average molecular weight is 515 g/mol. The fraction of sp³-hybridized carbons (Fsp3) is 0.148. The highest BCUT2D eigenvalue weighted by Crippen LogP contribution is 2.33. The molecule has 0 aliphatic rings. The first-order chi connectivity index (χ1) is 18.2. The molecule has 5 rings (SSSR count). The van der Waals surface area contributed by atoms with Gasteiger partial charge in [-0.1, -0.05) is 56.3 Å². The summed E-state index contributed by atoms with van der Waals surface area (Å²) < 4.78 is 44.0. The van der Waals surface area contributed by atoms with Crippen LogP contribution >= 0.6 is 0 Å². The Hall–Kier alpha value is -4.98. The van der Waals surface area contributed by atoms with Crippen LogP contribution in [0.15, 0.2) is 73.1 Å². The second-order valence-electron chi connectivity index (χ2n) is 8.81. The number of rotatable bonds is 5. The van der Waals surface area contributed by atoms with Crippen molar-refractivity contribution >= 4 is 17.4 Å². The molecule has 0 unspecified atom stereocenters. The van der Waals surface area contributed by atoms with Gasteiger partial charge in [0.05, 0.1) is 23.8 Å². The molecule has 0 aliphatic heterocycles. The SMILES string of the molecule is CC(C)c1ccc(-c2cc(C(F)(F)F)n3ncc(C(=O)Nc4c(C#N)cnn4-c4ccccc4)c3n2)cc1. The van der Waals surface area contributed by atoms with Crippen LogP contribution in [0.3, 0.4) is 0 Å². The molecule has 0 bridgehead atoms. The van der Waals surface area contributed by atoms with Crippen molar-refractivity contribution in [2.45, 2.75) is 25.9 Å². The summed E-state index contributed by atoms with van der Waals surface area (Å²) in [5.74, 6) is -0.473. The third-order valence-electron chi connectivity index (χ3n) is 6.00. The number of anilines is 1. The van der Waals surface area contributed by atoms with Crippen LogP contribution in [-0.2, 0) is 6.18 Å². The molecule has 3 aromatic heterocycles. The highest BCUT2D eigenvalue weighted by molar-refractivity contribution is 6.08. The number of nitrogens with zero attached hydrogens (tertiary/aromatic N) is 6. The number of halogens is 3. The highest BCUT2D eigenvalue weighted by Gasteiger charge is 2.36. The zero-order chi connectivity index (χ0) is 27.0. The number of para-hydroxylation sites is 1. The lowest BCUT2D eigenvalue weighted by molar-refractivity contribution is -0.142. The molecule has 0 radical (unpaired) electrons. The fourth-order valence-electron chi connectivity index (χ4n) is 4.00. The number of hydrogen-bond donors (Lipinski definition) is 1. The van der Waals surface area contributed by atoms with Gasteiger partial charge in [0.2, 0.25) is 0 Å². The quantitative estimate of drug-likeness (QED) is 0.317. The number of carbonyl (C=O) groups excluding carboxylic acids is 1. The molecule has 2 aromatic carbocycles. The van der Waals surface area contributed by atoms with Crippen LogP contribution in [0.2, 0.25) is 0 Å². The summed E-state index contributed by atoms with van der Waals surface area (Å²) in [7, 11) is 0. The Labute approximate surface area is 215 Å². The van der Waals surface area contributed by atoms with Crippen molar-refractivity contribution in [2.24, 2.45) is 0 Å². The lowest BCUT2D eigenvalue weighted by Crippen LogP contribution is -2.17. The van der Waals surface area contributed by atoms with E-state index in [0.29, 0.717) is 15.8 Å². The van der Waals surface area contributed by atoms with Gasteiger partial charge in [0.25, 0.3) is 5.91 Å². The maximum Gasteiger partial charge on any atom is 0.433 e. The van der Waals surface area contributed by atoms with E-state index in [2.05, 4.69) is 20.5 Å². The first kappa shape index (κ1) is 24.7. The number of benzene rings is 2. The van der Waals surface area contributed by atoms with Crippen LogP contribution in [0.5, 0.6) is 0 Å². The molecular formula is C27H20F3N7O. The number of amides is 1. The van der Waals surface area contributed by atoms with Crippen molar-refractivity contribution in [1.29, 1.82) is 5.26 Å². The van der Waals surface area contributed by atoms with Crippen LogP contribution in [0, 0.1) is 11.3 Å². The Morgan fingerprint density at radius 3 is 2.37 bits per heavy atom. The largest absolute Gasteiger partial charge is 0.433 e. The van der Waals surface area contributed by atoms with Crippen molar-refractivity contribution in [3.05, 3.63) is 95.4 Å². The molecule has 1 amide bonds. The van der Waals surface area contributed by atoms with E-state index in [1.54, 1.807) is 42.5 Å². The summed E-state index contributed by atoms with van der Waals surface area (Å²) in [6.07, 6.45) is -2.45. The average Bonchev–Trinajstić information content (AvgIpc) is 3.52. The number of nitrogens with one attached hydrogen (secondary N) is 1. The van der Waals surface area contributed by atoms with Gasteiger partial charge in [-0.2, -0.15) is 28.6 Å². The molecule has 5 aromatic rings. The van der Waals surface area contributed by atoms with Gasteiger partial charge in [-0.25, -0.2) is 14.2 Å². The standard InChI is InChI=1S/C27H20F3N7O/c1-16(2)17-8-10-18(11-9-17)22-12-23(27(28,29)30)37-25(34-22)21(15-33-37)26(38)35-24-19(13-31)14-32-36(24)20-6-4-3-5-7-20/h3-12,14-16H,1-2H3,(H,35,38). The van der Waals surface area contributed by atoms with E-state index in [0.717, 1.165) is 17.8 Å². The minimum absolute atomic E-state index is 0.0433. The van der Waals surface area contributed by atoms with Crippen molar-refractivity contribution < 1.29 is 18.0 Å². The van der Waals surface area contributed by atoms with Crippen molar-refractivity contribution in [2.75, 3.05) is 5.32 Å². The summed E-state index contributed by atoms with van der Waals surface area (Å²) in [4.78, 5) is 17.7. The summed E-state index contributed by atoms with van der Waals surface area (Å²) in [5.41, 5.74) is 0.647. The second kappa shape index (κ2) is 9.48. The lowest BCUT2D eigenvalue weighted by Gasteiger charge is -2.13. The topological polar surface area (TPSA) is 101 Å². The van der Waals surface area contributed by atoms with Gasteiger partial charge in [0, 0.05) is 5.56 Å². The van der Waals surface area contributed by atoms with Crippen molar-refractivity contribution in [3.8, 4) is 23.0 Å². The normalized spacial score (nSPS) is 11.6. The van der Waals surface area contributed by atoms with Crippen LogP contribution in [-0.4, -0.2) is 30.3 Å². The first-order valence-corrected chi connectivity index (χ1v) is 11.6. The van der Waals surface area contributed by atoms with E-state index < -0.39 is 17.8 Å². The number of alkyl halides is 3. The second-order valence-corrected chi connectivity index (χ2v) is 8.81. The molecule has 190 valence electrons. The maximum absolute atomic E-state index is 14.0. The van der Waals surface area contributed by atoms with Gasteiger partial charge in [-0.15, -0.1) is 0 Å². The monoisotopic (exact) mass is 515 g/mol. The Kier molecular flexibility index (Phi) is 6.16. The Morgan fingerprint density at radius 2 is 1.74 bits per heavy atom. The van der Waals surface area contributed by atoms with Gasteiger partial charge in [0.15, 0.2) is 17.2 Å². The van der Waals surface area contributed by atoms with Gasteiger partial charge >= 0.3 is 6.18 Å². The van der Waals surface area contributed by atoms with Gasteiger partial charge < -0.3 is 5.32 Å². The zero-order valence-corrected chi connectivity index (χ0v) is 20.2. The molecule has 0 saturated carbocycles. The van der Waals surface area contributed by atoms with Gasteiger partial charge in [-0.3, -0.25) is 4.79 Å². The van der Waals surface area contributed by atoms with Gasteiger partial charge in [0.1, 0.15) is 17.2 Å². The van der Waals surface area contributed by atoms with Gasteiger partial charge in [-0.05, 0) is 29.7 Å². The smallest absolute Gasteiger partial charge is 0.305 e. The van der Waals surface area contributed by atoms with E-state index in [-0.39, 0.29) is 34.2 Å². The number of nitriles is 1. The molecular weight excluding hydrogens is 495 g/mol. The Morgan fingerprint density at radius 1 is 1.03 bits per heavy atom. The van der Waals surface area contributed by atoms with Crippen molar-refractivity contribution in [3.63, 3.8) is 0 Å². The third-order valence-corrected chi connectivity index (χ3v) is 6.00. The molecule has 11 heteroatoms. The zero-order valence-electron chi connectivity index (χ0n) is 20.2. The summed E-state index contributed by atoms with van der Waals surface area (Å²) >= 11 is 0. The fourth-order valence-corrected chi connectivity index (χ4v) is 4.00. The summed E-state index contributed by atoms with van der Waals surface area (Å²) in [5, 5.41) is 20.1. The number of aromatic nitrogens is 5. The van der Waals surface area contributed by atoms with E-state index >= 15 is 0 Å². The van der Waals surface area contributed by atoms with E-state index in [4.69, 9.17) is 0 Å². The van der Waals surface area contributed by atoms with Crippen LogP contribution in [0.1, 0.15) is 46.9 Å². The minimum Gasteiger partial charge on any atom is -0.305 e. The molecule has 8 nitrogen and oxygen atoms in total. The predicted octanol–water partition coefficient (Wildman–Crippen LogP) is 5.85. The number of carbonyl (C=O) groups is 1. The first-order valence-electron chi connectivity index (χ1n) is 11.6. The highest BCUT2D eigenvalue weighted by atomic mass is 19.4. The van der Waals surface area contributed by atoms with Crippen LogP contribution < -0.4 is 5.32 Å². The molecule has 0 atom stereocenters. The van der Waals surface area contributed by atoms with E-state index in [1.807, 2.05) is 32.0 Å². The number of hydrogen-bond acceptors (Lipinski definition) is 5. The summed E-state index contributed by atoms with van der Waals surface area (Å²) in [6, 6.07) is 18.7. The summed E-state index contributed by atoms with van der Waals surface area (Å²) in [6.45, 7) is 4.03. The minimum atomic E-state index is -4.76. The van der Waals surface area contributed by atoms with Crippen LogP contribution in [0.25, 0.3) is 22.6 Å². The lowest BCUT2D eigenvalue weighted by atomic mass is 10.0. The third kappa shape index (κ3) is 4.48. The Bertz CT molecular complexity index is 1680. The van der Waals surface area contributed by atoms with Crippen molar-refractivity contribution in [1.82, 2.24) is 24.4 Å². The Balaban J connectivity index is 1.60. The van der Waals surface area contributed by atoms with E-state index in [9.17, 15) is 23.2 Å².